The third kappa shape index (κ3) is 17.3. The number of aromatic nitrogens is 2. The van der Waals surface area contributed by atoms with Crippen molar-refractivity contribution in [1.29, 1.82) is 0 Å². The minimum Gasteiger partial charge on any atom is -0.234 e. The quantitative estimate of drug-likeness (QED) is 0.0903. The molecule has 0 amide bonds. The molecule has 0 unspecified atom stereocenters. The lowest BCUT2D eigenvalue weighted by Gasteiger charge is -2.08. The lowest BCUT2D eigenvalue weighted by molar-refractivity contribution is -0.704. The van der Waals surface area contributed by atoms with Crippen LogP contribution in [0.15, 0.2) is 12.4 Å². The van der Waals surface area contributed by atoms with Gasteiger partial charge in [-0.1, -0.05) is 142 Å². The highest BCUT2D eigenvalue weighted by atomic mass is 15.2. The Balaban J connectivity index is 2.02. The van der Waals surface area contributed by atoms with Gasteiger partial charge in [0, 0.05) is 6.42 Å². The normalized spacial score (nSPS) is 11.7. The molecular formula is C33H65N2+. The maximum Gasteiger partial charge on any atom is 0.256 e. The van der Waals surface area contributed by atoms with Gasteiger partial charge in [0.05, 0.1) is 12.6 Å². The molecule has 0 aliphatic heterocycles. The third-order valence-electron chi connectivity index (χ3n) is 7.85. The van der Waals surface area contributed by atoms with Gasteiger partial charge in [-0.3, -0.25) is 0 Å². The summed E-state index contributed by atoms with van der Waals surface area (Å²) in [5.41, 5.74) is 0. The van der Waals surface area contributed by atoms with Crippen LogP contribution in [0.5, 0.6) is 0 Å². The molecule has 1 aromatic rings. The predicted molar refractivity (Wildman–Crippen MR) is 156 cm³/mol. The highest BCUT2D eigenvalue weighted by Crippen LogP contribution is 2.15. The summed E-state index contributed by atoms with van der Waals surface area (Å²) >= 11 is 0. The monoisotopic (exact) mass is 490 g/mol. The van der Waals surface area contributed by atoms with Gasteiger partial charge in [-0.2, -0.15) is 0 Å². The first-order chi connectivity index (χ1) is 17.2. The molecule has 0 radical (unpaired) electrons. The fourth-order valence-electron chi connectivity index (χ4n) is 5.49. The Morgan fingerprint density at radius 1 is 0.543 bits per heavy atom. The second-order valence-corrected chi connectivity index (χ2v) is 11.6. The first-order valence-electron chi connectivity index (χ1n) is 16.3. The summed E-state index contributed by atoms with van der Waals surface area (Å²) in [6.07, 6.45) is 38.8. The lowest BCUT2D eigenvalue weighted by Crippen LogP contribution is -2.37. The molecule has 0 saturated carbocycles. The van der Waals surface area contributed by atoms with Crippen LogP contribution in [0.1, 0.15) is 187 Å². The molecule has 0 aromatic carbocycles. The Morgan fingerprint density at radius 3 is 1.31 bits per heavy atom. The van der Waals surface area contributed by atoms with Crippen molar-refractivity contribution < 1.29 is 4.57 Å². The molecule has 0 aliphatic carbocycles. The molecule has 0 saturated heterocycles. The summed E-state index contributed by atoms with van der Waals surface area (Å²) in [4.78, 5) is 0. The zero-order valence-electron chi connectivity index (χ0n) is 24.8. The van der Waals surface area contributed by atoms with E-state index in [-0.39, 0.29) is 0 Å². The van der Waals surface area contributed by atoms with Gasteiger partial charge in [0.15, 0.2) is 0 Å². The SMILES string of the molecule is CCCCCCCCCCCCCCCCCCC[n+]1ccn(C(C)C)c1CCCCCCCC. The second-order valence-electron chi connectivity index (χ2n) is 11.6. The molecular weight excluding hydrogens is 424 g/mol. The molecule has 35 heavy (non-hydrogen) atoms. The number of unbranched alkanes of at least 4 members (excludes halogenated alkanes) is 21. The zero-order valence-corrected chi connectivity index (χ0v) is 24.8. The number of imidazole rings is 1. The standard InChI is InChI=1S/C33H65N2/c1-5-7-9-11-13-14-15-16-17-18-19-20-21-22-23-25-27-29-34-30-31-35(32(3)4)33(34)28-26-24-12-10-8-6-2/h30-32H,5-29H2,1-4H3/q+1. The van der Waals surface area contributed by atoms with E-state index in [0.717, 1.165) is 0 Å². The summed E-state index contributed by atoms with van der Waals surface area (Å²) < 4.78 is 5.08. The molecule has 0 atom stereocenters. The number of hydrogen-bond donors (Lipinski definition) is 0. The maximum absolute atomic E-state index is 2.57. The van der Waals surface area contributed by atoms with E-state index in [1.54, 1.807) is 5.82 Å². The van der Waals surface area contributed by atoms with Crippen LogP contribution >= 0.6 is 0 Å². The molecule has 0 spiro atoms. The minimum absolute atomic E-state index is 0.571. The first-order valence-corrected chi connectivity index (χ1v) is 16.3. The van der Waals surface area contributed by atoms with Gasteiger partial charge in [0.25, 0.3) is 5.82 Å². The topological polar surface area (TPSA) is 8.81 Å². The number of nitrogens with zero attached hydrogens (tertiary/aromatic N) is 2. The van der Waals surface area contributed by atoms with E-state index in [4.69, 9.17) is 0 Å². The predicted octanol–water partition coefficient (Wildman–Crippen LogP) is 10.9. The molecule has 206 valence electrons. The van der Waals surface area contributed by atoms with Crippen molar-refractivity contribution in [2.45, 2.75) is 194 Å². The van der Waals surface area contributed by atoms with E-state index in [0.29, 0.717) is 6.04 Å². The van der Waals surface area contributed by atoms with Gasteiger partial charge in [0.1, 0.15) is 12.4 Å². The average molecular weight is 490 g/mol. The molecule has 1 rings (SSSR count). The third-order valence-corrected chi connectivity index (χ3v) is 7.85. The van der Waals surface area contributed by atoms with Crippen LogP contribution in [-0.2, 0) is 13.0 Å². The summed E-state index contributed by atoms with van der Waals surface area (Å²) in [6.45, 7) is 10.5. The molecule has 1 heterocycles. The highest BCUT2D eigenvalue weighted by molar-refractivity contribution is 4.86. The van der Waals surface area contributed by atoms with E-state index in [1.807, 2.05) is 0 Å². The summed E-state index contributed by atoms with van der Waals surface area (Å²) in [5, 5.41) is 0. The molecule has 0 aliphatic rings. The lowest BCUT2D eigenvalue weighted by atomic mass is 10.0. The molecule has 2 nitrogen and oxygen atoms in total. The summed E-state index contributed by atoms with van der Waals surface area (Å²) in [5.74, 6) is 1.56. The minimum atomic E-state index is 0.571. The van der Waals surface area contributed by atoms with E-state index < -0.39 is 0 Å². The van der Waals surface area contributed by atoms with Crippen molar-refractivity contribution in [3.05, 3.63) is 18.2 Å². The molecule has 2 heteroatoms. The Morgan fingerprint density at radius 2 is 0.914 bits per heavy atom. The van der Waals surface area contributed by atoms with Crippen molar-refractivity contribution >= 4 is 0 Å². The van der Waals surface area contributed by atoms with Gasteiger partial charge in [-0.15, -0.1) is 0 Å². The Bertz CT molecular complexity index is 559. The van der Waals surface area contributed by atoms with Crippen molar-refractivity contribution in [3.63, 3.8) is 0 Å². The fourth-order valence-corrected chi connectivity index (χ4v) is 5.49. The number of rotatable bonds is 26. The van der Waals surface area contributed by atoms with Crippen LogP contribution in [0.4, 0.5) is 0 Å². The maximum atomic E-state index is 2.57. The van der Waals surface area contributed by atoms with Gasteiger partial charge < -0.3 is 0 Å². The number of aryl methyl sites for hydroxylation is 1. The average Bonchev–Trinajstić information content (AvgIpc) is 3.26. The largest absolute Gasteiger partial charge is 0.256 e. The van der Waals surface area contributed by atoms with Gasteiger partial charge in [-0.05, 0) is 33.1 Å². The molecule has 0 N–H and O–H groups in total. The first kappa shape index (κ1) is 32.2. The van der Waals surface area contributed by atoms with E-state index in [2.05, 4.69) is 49.2 Å². The second kappa shape index (κ2) is 23.6. The molecule has 0 bridgehead atoms. The Labute approximate surface area is 221 Å². The summed E-state index contributed by atoms with van der Waals surface area (Å²) in [7, 11) is 0. The van der Waals surface area contributed by atoms with Gasteiger partial charge in [-0.25, -0.2) is 9.13 Å². The van der Waals surface area contributed by atoms with Crippen LogP contribution in [0.3, 0.4) is 0 Å². The van der Waals surface area contributed by atoms with E-state index in [1.165, 1.54) is 161 Å². The van der Waals surface area contributed by atoms with Gasteiger partial charge >= 0.3 is 0 Å². The van der Waals surface area contributed by atoms with Crippen LogP contribution in [0, 0.1) is 0 Å². The van der Waals surface area contributed by atoms with Crippen molar-refractivity contribution in [2.24, 2.45) is 0 Å². The Hall–Kier alpha value is -0.790. The fraction of sp³-hybridized carbons (Fsp3) is 0.909. The molecule has 1 aromatic heterocycles. The van der Waals surface area contributed by atoms with Crippen molar-refractivity contribution in [1.82, 2.24) is 4.57 Å². The van der Waals surface area contributed by atoms with Crippen molar-refractivity contribution in [2.75, 3.05) is 0 Å². The van der Waals surface area contributed by atoms with Crippen LogP contribution in [0.2, 0.25) is 0 Å². The van der Waals surface area contributed by atoms with E-state index in [9.17, 15) is 0 Å². The number of hydrogen-bond acceptors (Lipinski definition) is 0. The van der Waals surface area contributed by atoms with Crippen molar-refractivity contribution in [3.8, 4) is 0 Å². The summed E-state index contributed by atoms with van der Waals surface area (Å²) in [6, 6.07) is 0.571. The van der Waals surface area contributed by atoms with Crippen LogP contribution < -0.4 is 4.57 Å². The van der Waals surface area contributed by atoms with Gasteiger partial charge in [0.2, 0.25) is 0 Å². The molecule has 0 fully saturated rings. The Kier molecular flexibility index (Phi) is 21.7. The van der Waals surface area contributed by atoms with Crippen LogP contribution in [0.25, 0.3) is 0 Å². The van der Waals surface area contributed by atoms with E-state index >= 15 is 0 Å². The smallest absolute Gasteiger partial charge is 0.234 e. The highest BCUT2D eigenvalue weighted by Gasteiger charge is 2.18. The van der Waals surface area contributed by atoms with Crippen LogP contribution in [-0.4, -0.2) is 4.57 Å². The zero-order chi connectivity index (χ0) is 25.4.